The number of hydrogen-bond acceptors (Lipinski definition) is 3. The standard InChI is InChI=1S/C34H31NOS/c1-21-18-33(37-32(21)12-7-17-36)22-13-16-31-27(19-22)25-9-6-11-30(25)35(31)23-14-15-29-26(20-23)24-8-4-5-10-28(24)34(29,2)3/h4-5,7-8,10,12-20,25,30H,6,9,11H2,1-3H3/b12-7+. The Labute approximate surface area is 223 Å². The van der Waals surface area contributed by atoms with Gasteiger partial charge in [0, 0.05) is 38.5 Å². The van der Waals surface area contributed by atoms with E-state index in [1.165, 1.54) is 74.5 Å². The van der Waals surface area contributed by atoms with Gasteiger partial charge >= 0.3 is 0 Å². The Kier molecular flexibility index (Phi) is 5.10. The second-order valence-electron chi connectivity index (χ2n) is 11.3. The van der Waals surface area contributed by atoms with Crippen LogP contribution in [0.4, 0.5) is 11.4 Å². The molecule has 2 atom stereocenters. The van der Waals surface area contributed by atoms with E-state index in [4.69, 9.17) is 0 Å². The van der Waals surface area contributed by atoms with Gasteiger partial charge in [-0.1, -0.05) is 56.7 Å². The number of allylic oxidation sites excluding steroid dienone is 1. The third-order valence-electron chi connectivity index (χ3n) is 8.91. The van der Waals surface area contributed by atoms with Crippen molar-refractivity contribution in [2.75, 3.05) is 4.90 Å². The average molecular weight is 502 g/mol. The highest BCUT2D eigenvalue weighted by Crippen LogP contribution is 2.55. The normalized spacial score (nSPS) is 20.7. The lowest BCUT2D eigenvalue weighted by Gasteiger charge is -2.28. The lowest BCUT2D eigenvalue weighted by atomic mass is 9.82. The fourth-order valence-corrected chi connectivity index (χ4v) is 8.22. The van der Waals surface area contributed by atoms with Gasteiger partial charge < -0.3 is 4.90 Å². The van der Waals surface area contributed by atoms with Crippen LogP contribution in [0.3, 0.4) is 0 Å². The molecule has 0 saturated heterocycles. The number of carbonyl (C=O) groups is 1. The first-order chi connectivity index (χ1) is 18.0. The van der Waals surface area contributed by atoms with E-state index in [9.17, 15) is 4.79 Å². The lowest BCUT2D eigenvalue weighted by molar-refractivity contribution is -0.104. The number of anilines is 2. The number of rotatable bonds is 4. The smallest absolute Gasteiger partial charge is 0.142 e. The maximum atomic E-state index is 10.8. The van der Waals surface area contributed by atoms with Crippen molar-refractivity contribution < 1.29 is 4.79 Å². The third-order valence-corrected chi connectivity index (χ3v) is 10.2. The van der Waals surface area contributed by atoms with Gasteiger partial charge in [0.25, 0.3) is 0 Å². The highest BCUT2D eigenvalue weighted by Gasteiger charge is 2.43. The van der Waals surface area contributed by atoms with E-state index in [0.29, 0.717) is 12.0 Å². The van der Waals surface area contributed by atoms with E-state index in [1.807, 2.05) is 6.08 Å². The molecule has 2 unspecified atom stereocenters. The summed E-state index contributed by atoms with van der Waals surface area (Å²) in [6, 6.07) is 26.0. The van der Waals surface area contributed by atoms with Crippen LogP contribution in [0.15, 0.2) is 72.8 Å². The number of thiophene rings is 1. The zero-order chi connectivity index (χ0) is 25.3. The van der Waals surface area contributed by atoms with Crippen LogP contribution in [0.25, 0.3) is 27.6 Å². The van der Waals surface area contributed by atoms with E-state index < -0.39 is 0 Å². The second kappa shape index (κ2) is 8.29. The molecule has 3 aliphatic rings. The molecule has 1 saturated carbocycles. The van der Waals surface area contributed by atoms with Crippen LogP contribution < -0.4 is 4.90 Å². The first kappa shape index (κ1) is 22.7. The van der Waals surface area contributed by atoms with Gasteiger partial charge in [0.1, 0.15) is 6.29 Å². The molecular weight excluding hydrogens is 470 g/mol. The summed E-state index contributed by atoms with van der Waals surface area (Å²) in [5.74, 6) is 0.586. The van der Waals surface area contributed by atoms with Crippen LogP contribution in [-0.4, -0.2) is 12.3 Å². The van der Waals surface area contributed by atoms with Crippen molar-refractivity contribution in [1.82, 2.24) is 0 Å². The van der Waals surface area contributed by atoms with Gasteiger partial charge in [-0.25, -0.2) is 0 Å². The van der Waals surface area contributed by atoms with Gasteiger partial charge in [-0.3, -0.25) is 4.79 Å². The summed E-state index contributed by atoms with van der Waals surface area (Å²) in [4.78, 5) is 15.9. The van der Waals surface area contributed by atoms with Crippen molar-refractivity contribution in [3.05, 3.63) is 99.9 Å². The fourth-order valence-electron chi connectivity index (χ4n) is 7.13. The van der Waals surface area contributed by atoms with Crippen molar-refractivity contribution >= 4 is 35.1 Å². The summed E-state index contributed by atoms with van der Waals surface area (Å²) in [5.41, 5.74) is 12.4. The van der Waals surface area contributed by atoms with Crippen LogP contribution in [0, 0.1) is 6.92 Å². The molecule has 1 fully saturated rings. The molecule has 1 aliphatic heterocycles. The summed E-state index contributed by atoms with van der Waals surface area (Å²) in [6.45, 7) is 6.83. The van der Waals surface area contributed by atoms with E-state index in [-0.39, 0.29) is 5.41 Å². The molecule has 2 heterocycles. The maximum absolute atomic E-state index is 10.8. The minimum atomic E-state index is 0.0385. The van der Waals surface area contributed by atoms with Crippen molar-refractivity contribution in [1.29, 1.82) is 0 Å². The Hall–Kier alpha value is -3.43. The molecule has 7 rings (SSSR count). The van der Waals surface area contributed by atoms with E-state index >= 15 is 0 Å². The summed E-state index contributed by atoms with van der Waals surface area (Å²) < 4.78 is 0. The van der Waals surface area contributed by atoms with Gasteiger partial charge in [-0.15, -0.1) is 11.3 Å². The van der Waals surface area contributed by atoms with Gasteiger partial charge in [0.2, 0.25) is 0 Å². The van der Waals surface area contributed by atoms with Crippen molar-refractivity contribution in [3.63, 3.8) is 0 Å². The molecule has 0 spiro atoms. The largest absolute Gasteiger partial charge is 0.337 e. The summed E-state index contributed by atoms with van der Waals surface area (Å²) in [5, 5.41) is 0. The number of hydrogen-bond donors (Lipinski definition) is 0. The number of nitrogens with zero attached hydrogens (tertiary/aromatic N) is 1. The molecule has 3 heteroatoms. The quantitative estimate of drug-likeness (QED) is 0.205. The first-order valence-electron chi connectivity index (χ1n) is 13.4. The molecule has 2 aliphatic carbocycles. The minimum absolute atomic E-state index is 0.0385. The minimum Gasteiger partial charge on any atom is -0.337 e. The van der Waals surface area contributed by atoms with Gasteiger partial charge in [-0.2, -0.15) is 0 Å². The molecule has 37 heavy (non-hydrogen) atoms. The Morgan fingerprint density at radius 3 is 2.65 bits per heavy atom. The van der Waals surface area contributed by atoms with Crippen LogP contribution in [0.5, 0.6) is 0 Å². The number of aldehydes is 1. The Bertz CT molecular complexity index is 1590. The molecule has 184 valence electrons. The Morgan fingerprint density at radius 1 is 0.946 bits per heavy atom. The second-order valence-corrected chi connectivity index (χ2v) is 12.4. The van der Waals surface area contributed by atoms with E-state index in [0.717, 1.165) is 11.2 Å². The zero-order valence-corrected chi connectivity index (χ0v) is 22.4. The Balaban J connectivity index is 1.31. The summed E-state index contributed by atoms with van der Waals surface area (Å²) in [7, 11) is 0. The van der Waals surface area contributed by atoms with Gasteiger partial charge in [-0.05, 0) is 101 Å². The zero-order valence-electron chi connectivity index (χ0n) is 21.6. The van der Waals surface area contributed by atoms with Crippen molar-refractivity contribution in [3.8, 4) is 21.6 Å². The number of benzene rings is 3. The van der Waals surface area contributed by atoms with Gasteiger partial charge in [0.15, 0.2) is 0 Å². The monoisotopic (exact) mass is 501 g/mol. The molecule has 4 aromatic rings. The molecule has 0 amide bonds. The molecular formula is C34H31NOS. The molecule has 2 nitrogen and oxygen atoms in total. The summed E-state index contributed by atoms with van der Waals surface area (Å²) in [6.07, 6.45) is 8.15. The molecule has 0 radical (unpaired) electrons. The van der Waals surface area contributed by atoms with Crippen LogP contribution in [0.2, 0.25) is 0 Å². The predicted molar refractivity (Wildman–Crippen MR) is 156 cm³/mol. The first-order valence-corrected chi connectivity index (χ1v) is 14.2. The predicted octanol–water partition coefficient (Wildman–Crippen LogP) is 9.03. The highest BCUT2D eigenvalue weighted by atomic mass is 32.1. The lowest BCUT2D eigenvalue weighted by Crippen LogP contribution is -2.26. The van der Waals surface area contributed by atoms with Gasteiger partial charge in [0.05, 0.1) is 0 Å². The van der Waals surface area contributed by atoms with E-state index in [2.05, 4.69) is 92.4 Å². The van der Waals surface area contributed by atoms with Crippen molar-refractivity contribution in [2.45, 2.75) is 57.4 Å². The number of fused-ring (bicyclic) bond motifs is 6. The highest BCUT2D eigenvalue weighted by molar-refractivity contribution is 7.16. The van der Waals surface area contributed by atoms with Crippen molar-refractivity contribution in [2.24, 2.45) is 0 Å². The van der Waals surface area contributed by atoms with Crippen LogP contribution in [-0.2, 0) is 10.2 Å². The molecule has 3 aromatic carbocycles. The average Bonchev–Trinajstić information content (AvgIpc) is 3.65. The topological polar surface area (TPSA) is 20.3 Å². The fraction of sp³-hybridized carbons (Fsp3) is 0.265. The SMILES string of the molecule is Cc1cc(-c2ccc3c(c2)C2CCCC2N3c2ccc3c(c2)-c2ccccc2C3(C)C)sc1/C=C/C=O. The van der Waals surface area contributed by atoms with E-state index in [1.54, 1.807) is 17.4 Å². The number of carbonyl (C=O) groups excluding carboxylic acids is 1. The Morgan fingerprint density at radius 2 is 1.78 bits per heavy atom. The molecule has 1 aromatic heterocycles. The van der Waals surface area contributed by atoms with Crippen LogP contribution in [0.1, 0.15) is 66.2 Å². The molecule has 0 bridgehead atoms. The van der Waals surface area contributed by atoms with Crippen LogP contribution >= 0.6 is 11.3 Å². The summed E-state index contributed by atoms with van der Waals surface area (Å²) >= 11 is 1.77. The third kappa shape index (κ3) is 3.33. The number of aryl methyl sites for hydroxylation is 1. The maximum Gasteiger partial charge on any atom is 0.142 e. The molecule has 0 N–H and O–H groups in total.